The Morgan fingerprint density at radius 3 is 2.50 bits per heavy atom. The smallest absolute Gasteiger partial charge is 0.135 e. The molecule has 1 aliphatic heterocycles. The number of benzene rings is 1. The van der Waals surface area contributed by atoms with Crippen molar-refractivity contribution in [1.82, 2.24) is 15.3 Å². The zero-order valence-electron chi connectivity index (χ0n) is 13.2. The van der Waals surface area contributed by atoms with Crippen LogP contribution in [-0.2, 0) is 19.3 Å². The molecule has 1 aliphatic rings. The van der Waals surface area contributed by atoms with Crippen LogP contribution in [-0.4, -0.2) is 37.2 Å². The summed E-state index contributed by atoms with van der Waals surface area (Å²) >= 11 is 0. The maximum atomic E-state index is 4.83. The number of halogens is 1. The van der Waals surface area contributed by atoms with Crippen LogP contribution < -0.4 is 10.2 Å². The molecular weight excluding hydrogens is 296 g/mol. The second-order valence-corrected chi connectivity index (χ2v) is 5.70. The molecule has 0 radical (unpaired) electrons. The summed E-state index contributed by atoms with van der Waals surface area (Å²) in [4.78, 5) is 11.8. The molecule has 0 unspecified atom stereocenters. The minimum atomic E-state index is 0. The summed E-state index contributed by atoms with van der Waals surface area (Å²) in [5.41, 5.74) is 3.78. The van der Waals surface area contributed by atoms with E-state index in [2.05, 4.69) is 48.6 Å². The van der Waals surface area contributed by atoms with E-state index in [1.807, 2.05) is 6.07 Å². The van der Waals surface area contributed by atoms with E-state index in [1.54, 1.807) is 0 Å². The van der Waals surface area contributed by atoms with Crippen LogP contribution >= 0.6 is 12.4 Å². The predicted molar refractivity (Wildman–Crippen MR) is 93.1 cm³/mol. The predicted octanol–water partition coefficient (Wildman–Crippen LogP) is 2.24. The van der Waals surface area contributed by atoms with E-state index < -0.39 is 0 Å². The lowest BCUT2D eigenvalue weighted by Gasteiger charge is -2.19. The summed E-state index contributed by atoms with van der Waals surface area (Å²) in [6.07, 6.45) is 2.79. The van der Waals surface area contributed by atoms with Crippen molar-refractivity contribution in [2.45, 2.75) is 19.3 Å². The molecule has 3 rings (SSSR count). The number of anilines is 1. The van der Waals surface area contributed by atoms with Gasteiger partial charge in [-0.05, 0) is 18.5 Å². The summed E-state index contributed by atoms with van der Waals surface area (Å²) in [5.74, 6) is 2.00. The van der Waals surface area contributed by atoms with Gasteiger partial charge in [0.25, 0.3) is 0 Å². The van der Waals surface area contributed by atoms with E-state index in [9.17, 15) is 0 Å². The first-order valence-corrected chi connectivity index (χ1v) is 7.54. The van der Waals surface area contributed by atoms with Crippen molar-refractivity contribution in [3.05, 3.63) is 53.0 Å². The van der Waals surface area contributed by atoms with Crippen molar-refractivity contribution in [3.63, 3.8) is 0 Å². The van der Waals surface area contributed by atoms with Gasteiger partial charge < -0.3 is 10.2 Å². The minimum absolute atomic E-state index is 0. The summed E-state index contributed by atoms with van der Waals surface area (Å²) in [7, 11) is 4.13. The molecule has 1 aromatic carbocycles. The lowest BCUT2D eigenvalue weighted by molar-refractivity contribution is 0.708. The number of aromatic nitrogens is 2. The van der Waals surface area contributed by atoms with E-state index >= 15 is 0 Å². The maximum Gasteiger partial charge on any atom is 0.135 e. The van der Waals surface area contributed by atoms with Crippen molar-refractivity contribution in [2.75, 3.05) is 32.1 Å². The number of hydrogen-bond donors (Lipinski definition) is 1. The number of nitrogens with zero attached hydrogens (tertiary/aromatic N) is 3. The first kappa shape index (κ1) is 16.7. The van der Waals surface area contributed by atoms with Crippen molar-refractivity contribution in [3.8, 4) is 0 Å². The fraction of sp³-hybridized carbons (Fsp3) is 0.412. The van der Waals surface area contributed by atoms with Gasteiger partial charge in [-0.3, -0.25) is 0 Å². The molecule has 5 heteroatoms. The van der Waals surface area contributed by atoms with Gasteiger partial charge in [0.2, 0.25) is 0 Å². The van der Waals surface area contributed by atoms with Gasteiger partial charge in [0.1, 0.15) is 11.6 Å². The summed E-state index contributed by atoms with van der Waals surface area (Å²) in [6, 6.07) is 10.4. The highest BCUT2D eigenvalue weighted by Gasteiger charge is 2.17. The van der Waals surface area contributed by atoms with E-state index in [1.165, 1.54) is 16.8 Å². The molecule has 2 heterocycles. The van der Waals surface area contributed by atoms with E-state index in [0.717, 1.165) is 44.0 Å². The van der Waals surface area contributed by atoms with Crippen LogP contribution in [0.3, 0.4) is 0 Å². The molecule has 0 bridgehead atoms. The van der Waals surface area contributed by atoms with Crippen LogP contribution in [0.1, 0.15) is 22.6 Å². The van der Waals surface area contributed by atoms with Crippen LogP contribution in [0.25, 0.3) is 0 Å². The Kier molecular flexibility index (Phi) is 5.75. The Balaban J connectivity index is 0.00000176. The lowest BCUT2D eigenvalue weighted by atomic mass is 10.1. The van der Waals surface area contributed by atoms with Crippen LogP contribution in [0.2, 0.25) is 0 Å². The molecule has 118 valence electrons. The van der Waals surface area contributed by atoms with Gasteiger partial charge in [-0.25, -0.2) is 9.97 Å². The zero-order chi connectivity index (χ0) is 14.7. The van der Waals surface area contributed by atoms with Crippen molar-refractivity contribution >= 4 is 18.2 Å². The highest BCUT2D eigenvalue weighted by molar-refractivity contribution is 5.85. The standard InChI is InChI=1S/C17H22N4.ClH/c1-21(2)17-14-8-10-18-11-9-15(14)19-16(20-17)12-13-6-4-3-5-7-13;/h3-7,18H,8-12H2,1-2H3;1H. The average Bonchev–Trinajstić information content (AvgIpc) is 2.72. The number of rotatable bonds is 3. The normalized spacial score (nSPS) is 13.7. The van der Waals surface area contributed by atoms with E-state index in [0.29, 0.717) is 0 Å². The van der Waals surface area contributed by atoms with Gasteiger partial charge in [-0.15, -0.1) is 12.4 Å². The minimum Gasteiger partial charge on any atom is -0.362 e. The molecule has 2 aromatic rings. The van der Waals surface area contributed by atoms with Crippen LogP contribution in [0, 0.1) is 0 Å². The largest absolute Gasteiger partial charge is 0.362 e. The molecule has 1 aromatic heterocycles. The maximum absolute atomic E-state index is 4.83. The molecule has 0 atom stereocenters. The second kappa shape index (κ2) is 7.56. The Bertz CT molecular complexity index is 614. The van der Waals surface area contributed by atoms with Gasteiger partial charge in [-0.1, -0.05) is 30.3 Å². The van der Waals surface area contributed by atoms with Crippen molar-refractivity contribution in [1.29, 1.82) is 0 Å². The Morgan fingerprint density at radius 1 is 1.05 bits per heavy atom. The first-order valence-electron chi connectivity index (χ1n) is 7.54. The van der Waals surface area contributed by atoms with Gasteiger partial charge in [-0.2, -0.15) is 0 Å². The highest BCUT2D eigenvalue weighted by Crippen LogP contribution is 2.22. The Hall–Kier alpha value is -1.65. The quantitative estimate of drug-likeness (QED) is 0.942. The van der Waals surface area contributed by atoms with Gasteiger partial charge in [0.05, 0.1) is 5.69 Å². The average molecular weight is 319 g/mol. The summed E-state index contributed by atoms with van der Waals surface area (Å²) < 4.78 is 0. The topological polar surface area (TPSA) is 41.1 Å². The Labute approximate surface area is 138 Å². The molecular formula is C17H23ClN4. The molecule has 1 N–H and O–H groups in total. The number of fused-ring (bicyclic) bond motifs is 1. The summed E-state index contributed by atoms with van der Waals surface area (Å²) in [5, 5.41) is 3.44. The zero-order valence-corrected chi connectivity index (χ0v) is 14.0. The van der Waals surface area contributed by atoms with E-state index in [4.69, 9.17) is 9.97 Å². The number of nitrogens with one attached hydrogen (secondary N) is 1. The monoisotopic (exact) mass is 318 g/mol. The fourth-order valence-electron chi connectivity index (χ4n) is 2.80. The number of hydrogen-bond acceptors (Lipinski definition) is 4. The van der Waals surface area contributed by atoms with Gasteiger partial charge in [0, 0.05) is 39.0 Å². The van der Waals surface area contributed by atoms with E-state index in [-0.39, 0.29) is 12.4 Å². The third kappa shape index (κ3) is 3.76. The Morgan fingerprint density at radius 2 is 1.77 bits per heavy atom. The first-order chi connectivity index (χ1) is 10.2. The third-order valence-corrected chi connectivity index (χ3v) is 3.84. The SMILES string of the molecule is CN(C)c1nc(Cc2ccccc2)nc2c1CCNCC2.Cl. The second-order valence-electron chi connectivity index (χ2n) is 5.70. The highest BCUT2D eigenvalue weighted by atomic mass is 35.5. The molecule has 0 amide bonds. The van der Waals surface area contributed by atoms with Gasteiger partial charge >= 0.3 is 0 Å². The van der Waals surface area contributed by atoms with Crippen LogP contribution in [0.4, 0.5) is 5.82 Å². The van der Waals surface area contributed by atoms with Crippen LogP contribution in [0.15, 0.2) is 30.3 Å². The van der Waals surface area contributed by atoms with Crippen molar-refractivity contribution in [2.24, 2.45) is 0 Å². The molecule has 0 aliphatic carbocycles. The fourth-order valence-corrected chi connectivity index (χ4v) is 2.80. The van der Waals surface area contributed by atoms with Gasteiger partial charge in [0.15, 0.2) is 0 Å². The molecule has 0 spiro atoms. The van der Waals surface area contributed by atoms with Crippen LogP contribution in [0.5, 0.6) is 0 Å². The summed E-state index contributed by atoms with van der Waals surface area (Å²) in [6.45, 7) is 2.01. The molecule has 0 saturated carbocycles. The third-order valence-electron chi connectivity index (χ3n) is 3.84. The lowest BCUT2D eigenvalue weighted by Crippen LogP contribution is -2.18. The van der Waals surface area contributed by atoms with Crippen molar-refractivity contribution < 1.29 is 0 Å². The molecule has 22 heavy (non-hydrogen) atoms. The molecule has 4 nitrogen and oxygen atoms in total. The molecule has 0 fully saturated rings. The molecule has 0 saturated heterocycles.